The van der Waals surface area contributed by atoms with Crippen molar-refractivity contribution in [1.29, 1.82) is 0 Å². The second-order valence-electron chi connectivity index (χ2n) is 6.80. The summed E-state index contributed by atoms with van der Waals surface area (Å²) >= 11 is 7.45. The molecule has 0 saturated carbocycles. The lowest BCUT2D eigenvalue weighted by atomic mass is 9.95. The third-order valence-electron chi connectivity index (χ3n) is 3.95. The minimum Gasteiger partial charge on any atom is -0.323 e. The Morgan fingerprint density at radius 1 is 1.17 bits per heavy atom. The molecule has 4 N–H and O–H groups in total. The number of hydrogen-bond acceptors (Lipinski definition) is 4. The molecule has 0 saturated heterocycles. The number of nitrogens with two attached hydrogens (primary N) is 1. The van der Waals surface area contributed by atoms with Gasteiger partial charge in [0.1, 0.15) is 0 Å². The van der Waals surface area contributed by atoms with Gasteiger partial charge < -0.3 is 15.5 Å². The highest BCUT2D eigenvalue weighted by Crippen LogP contribution is 2.38. The summed E-state index contributed by atoms with van der Waals surface area (Å²) in [5, 5.41) is 0.425. The molecule has 1 atom stereocenters. The third-order valence-corrected chi connectivity index (χ3v) is 5.75. The topological polar surface area (TPSA) is 92.8 Å². The van der Waals surface area contributed by atoms with E-state index in [4.69, 9.17) is 27.1 Å². The molecule has 29 heavy (non-hydrogen) atoms. The van der Waals surface area contributed by atoms with Crippen LogP contribution >= 0.6 is 31.2 Å². The zero-order chi connectivity index (χ0) is 21.9. The molecule has 0 aromatic heterocycles. The van der Waals surface area contributed by atoms with Crippen LogP contribution < -0.4 is 5.73 Å². The molecule has 0 unspecified atom stereocenters. The lowest BCUT2D eigenvalue weighted by molar-refractivity contribution is -0.137. The molecule has 2 aromatic rings. The molecule has 0 heterocycles. The molecule has 160 valence electrons. The smallest absolute Gasteiger partial charge is 0.323 e. The van der Waals surface area contributed by atoms with E-state index in [0.29, 0.717) is 27.7 Å². The van der Waals surface area contributed by atoms with E-state index in [1.54, 1.807) is 31.2 Å². The van der Waals surface area contributed by atoms with E-state index < -0.39 is 25.1 Å². The van der Waals surface area contributed by atoms with Crippen molar-refractivity contribution in [3.63, 3.8) is 0 Å². The monoisotopic (exact) mass is 469 g/mol. The first-order chi connectivity index (χ1) is 13.3. The molecule has 0 fully saturated rings. The maximum Gasteiger partial charge on any atom is 0.469 e. The Hall–Kier alpha value is -1.06. The standard InChI is InChI=1S/C18H20ClF3NO4PS/c1-17(23,11-27-28(24,25)26)8-7-12-5-6-15(10-16(12)19)29-14-4-2-3-13(9-14)18(20,21)22/h2-6,9-10H,7-8,11,23H2,1H3,(H2,24,25,26)/t17-/m1/s1. The number of halogens is 4. The van der Waals surface area contributed by atoms with Crippen LogP contribution in [-0.2, 0) is 21.7 Å². The number of alkyl halides is 3. The predicted octanol–water partition coefficient (Wildman–Crippen LogP) is 5.27. The summed E-state index contributed by atoms with van der Waals surface area (Å²) in [6.07, 6.45) is -3.62. The van der Waals surface area contributed by atoms with Gasteiger partial charge in [0, 0.05) is 20.4 Å². The van der Waals surface area contributed by atoms with Gasteiger partial charge in [-0.2, -0.15) is 13.2 Å². The first kappa shape index (κ1) is 24.2. The van der Waals surface area contributed by atoms with Crippen LogP contribution in [0.3, 0.4) is 0 Å². The van der Waals surface area contributed by atoms with Crippen LogP contribution in [-0.4, -0.2) is 21.9 Å². The van der Waals surface area contributed by atoms with Crippen molar-refractivity contribution in [3.8, 4) is 0 Å². The minimum absolute atomic E-state index is 0.321. The fraction of sp³-hybridized carbons (Fsp3) is 0.333. The first-order valence-corrected chi connectivity index (χ1v) is 11.1. The van der Waals surface area contributed by atoms with Gasteiger partial charge in [0.25, 0.3) is 0 Å². The van der Waals surface area contributed by atoms with Crippen molar-refractivity contribution in [2.45, 2.75) is 41.3 Å². The molecule has 2 rings (SSSR count). The lowest BCUT2D eigenvalue weighted by Gasteiger charge is -2.24. The number of rotatable bonds is 8. The van der Waals surface area contributed by atoms with Crippen molar-refractivity contribution in [2.75, 3.05) is 6.61 Å². The van der Waals surface area contributed by atoms with Crippen molar-refractivity contribution in [2.24, 2.45) is 5.73 Å². The highest BCUT2D eigenvalue weighted by Gasteiger charge is 2.30. The maximum absolute atomic E-state index is 12.8. The molecular weight excluding hydrogens is 450 g/mol. The van der Waals surface area contributed by atoms with E-state index in [0.717, 1.165) is 29.5 Å². The van der Waals surface area contributed by atoms with Crippen LogP contribution in [0.4, 0.5) is 13.2 Å². The summed E-state index contributed by atoms with van der Waals surface area (Å²) in [7, 11) is -4.60. The second-order valence-corrected chi connectivity index (χ2v) is 9.59. The molecule has 0 bridgehead atoms. The van der Waals surface area contributed by atoms with Crippen molar-refractivity contribution < 1.29 is 32.0 Å². The summed E-state index contributed by atoms with van der Waals surface area (Å²) in [6.45, 7) is 1.28. The van der Waals surface area contributed by atoms with E-state index >= 15 is 0 Å². The van der Waals surface area contributed by atoms with Crippen molar-refractivity contribution in [3.05, 3.63) is 58.6 Å². The van der Waals surface area contributed by atoms with Gasteiger partial charge in [0.15, 0.2) is 0 Å². The van der Waals surface area contributed by atoms with E-state index in [9.17, 15) is 17.7 Å². The predicted molar refractivity (Wildman–Crippen MR) is 106 cm³/mol. The molecule has 0 aliphatic carbocycles. The number of hydrogen-bond donors (Lipinski definition) is 3. The Bertz CT molecular complexity index is 905. The summed E-state index contributed by atoms with van der Waals surface area (Å²) in [5.74, 6) is 0. The third kappa shape index (κ3) is 8.30. The highest BCUT2D eigenvalue weighted by atomic mass is 35.5. The number of aryl methyl sites for hydroxylation is 1. The Morgan fingerprint density at radius 2 is 1.83 bits per heavy atom. The van der Waals surface area contributed by atoms with Crippen molar-refractivity contribution in [1.82, 2.24) is 0 Å². The second kappa shape index (κ2) is 9.39. The first-order valence-electron chi connectivity index (χ1n) is 8.38. The van der Waals surface area contributed by atoms with Gasteiger partial charge in [-0.15, -0.1) is 0 Å². The van der Waals surface area contributed by atoms with Crippen LogP contribution in [0.1, 0.15) is 24.5 Å². The Kier molecular flexibility index (Phi) is 7.84. The van der Waals surface area contributed by atoms with Gasteiger partial charge in [-0.1, -0.05) is 35.5 Å². The minimum atomic E-state index is -4.60. The Morgan fingerprint density at radius 3 is 2.41 bits per heavy atom. The van der Waals surface area contributed by atoms with Crippen LogP contribution in [0, 0.1) is 0 Å². The average molecular weight is 470 g/mol. The quantitative estimate of drug-likeness (QED) is 0.456. The summed E-state index contributed by atoms with van der Waals surface area (Å²) < 4.78 is 53.8. The molecule has 0 aliphatic heterocycles. The van der Waals surface area contributed by atoms with Crippen LogP contribution in [0.5, 0.6) is 0 Å². The molecule has 0 aliphatic rings. The summed E-state index contributed by atoms with van der Waals surface area (Å²) in [6, 6.07) is 10.2. The van der Waals surface area contributed by atoms with E-state index in [1.165, 1.54) is 6.07 Å². The molecule has 0 radical (unpaired) electrons. The summed E-state index contributed by atoms with van der Waals surface area (Å²) in [4.78, 5) is 18.7. The van der Waals surface area contributed by atoms with Gasteiger partial charge in [-0.05, 0) is 55.7 Å². The molecule has 0 amide bonds. The van der Waals surface area contributed by atoms with Crippen LogP contribution in [0.15, 0.2) is 52.3 Å². The Balaban J connectivity index is 2.03. The van der Waals surface area contributed by atoms with Gasteiger partial charge in [0.05, 0.1) is 12.2 Å². The van der Waals surface area contributed by atoms with Crippen LogP contribution in [0.25, 0.3) is 0 Å². The number of phosphoric acid groups is 1. The van der Waals surface area contributed by atoms with Crippen molar-refractivity contribution >= 4 is 31.2 Å². The maximum atomic E-state index is 12.8. The van der Waals surface area contributed by atoms with E-state index in [-0.39, 0.29) is 6.61 Å². The van der Waals surface area contributed by atoms with Gasteiger partial charge in [0.2, 0.25) is 0 Å². The molecule has 5 nitrogen and oxygen atoms in total. The fourth-order valence-corrected chi connectivity index (χ4v) is 4.11. The molecule has 0 spiro atoms. The van der Waals surface area contributed by atoms with Gasteiger partial charge in [-0.25, -0.2) is 4.57 Å². The summed E-state index contributed by atoms with van der Waals surface area (Å²) in [5.41, 5.74) is 5.06. The van der Waals surface area contributed by atoms with Gasteiger partial charge >= 0.3 is 14.0 Å². The number of benzene rings is 2. The molecular formula is C18H20ClF3NO4PS. The highest BCUT2D eigenvalue weighted by molar-refractivity contribution is 7.99. The largest absolute Gasteiger partial charge is 0.469 e. The van der Waals surface area contributed by atoms with Gasteiger partial charge in [-0.3, -0.25) is 4.52 Å². The average Bonchev–Trinajstić information content (AvgIpc) is 2.58. The zero-order valence-electron chi connectivity index (χ0n) is 15.3. The Labute approximate surface area is 175 Å². The number of phosphoric ester groups is 1. The molecule has 11 heteroatoms. The fourth-order valence-electron chi connectivity index (χ4n) is 2.39. The normalized spacial score (nSPS) is 14.6. The molecule has 2 aromatic carbocycles. The lowest BCUT2D eigenvalue weighted by Crippen LogP contribution is -2.41. The van der Waals surface area contributed by atoms with E-state index in [1.807, 2.05) is 0 Å². The van der Waals surface area contributed by atoms with Crippen LogP contribution in [0.2, 0.25) is 5.02 Å². The SMILES string of the molecule is C[C@@](N)(CCc1ccc(Sc2cccc(C(F)(F)F)c2)cc1Cl)COP(=O)(O)O. The van der Waals surface area contributed by atoms with E-state index in [2.05, 4.69) is 4.52 Å². The zero-order valence-corrected chi connectivity index (χ0v) is 17.8.